The highest BCUT2D eigenvalue weighted by Gasteiger charge is 2.41. The first kappa shape index (κ1) is 19.8. The Balaban J connectivity index is 1.69. The lowest BCUT2D eigenvalue weighted by atomic mass is 9.77. The van der Waals surface area contributed by atoms with E-state index >= 15 is 0 Å². The van der Waals surface area contributed by atoms with Gasteiger partial charge in [0.15, 0.2) is 0 Å². The van der Waals surface area contributed by atoms with Gasteiger partial charge >= 0.3 is 5.97 Å². The van der Waals surface area contributed by atoms with Crippen molar-refractivity contribution in [2.24, 2.45) is 11.8 Å². The third kappa shape index (κ3) is 3.73. The second-order valence-corrected chi connectivity index (χ2v) is 8.10. The quantitative estimate of drug-likeness (QED) is 0.738. The second kappa shape index (κ2) is 8.11. The highest BCUT2D eigenvalue weighted by Crippen LogP contribution is 2.42. The van der Waals surface area contributed by atoms with E-state index in [1.807, 2.05) is 6.07 Å². The van der Waals surface area contributed by atoms with E-state index in [-0.39, 0.29) is 30.0 Å². The van der Waals surface area contributed by atoms with Crippen molar-refractivity contribution in [2.75, 3.05) is 13.7 Å². The van der Waals surface area contributed by atoms with Crippen LogP contribution in [0, 0.1) is 11.8 Å². The number of aromatic nitrogens is 1. The van der Waals surface area contributed by atoms with Gasteiger partial charge in [-0.25, -0.2) is 0 Å². The molecule has 156 valence electrons. The zero-order chi connectivity index (χ0) is 20.5. The van der Waals surface area contributed by atoms with E-state index in [0.29, 0.717) is 5.76 Å². The Labute approximate surface area is 171 Å². The van der Waals surface area contributed by atoms with Gasteiger partial charge in [-0.1, -0.05) is 13.3 Å². The van der Waals surface area contributed by atoms with Crippen LogP contribution in [0.1, 0.15) is 50.9 Å². The summed E-state index contributed by atoms with van der Waals surface area (Å²) < 4.78 is 16.6. The molecular formula is C23H30N2O4. The van der Waals surface area contributed by atoms with Gasteiger partial charge in [-0.15, -0.1) is 0 Å². The predicted molar refractivity (Wildman–Crippen MR) is 112 cm³/mol. The van der Waals surface area contributed by atoms with Gasteiger partial charge in [-0.2, -0.15) is 0 Å². The van der Waals surface area contributed by atoms with Crippen molar-refractivity contribution in [3.63, 3.8) is 0 Å². The van der Waals surface area contributed by atoms with Gasteiger partial charge in [0, 0.05) is 54.0 Å². The van der Waals surface area contributed by atoms with Crippen LogP contribution in [0.2, 0.25) is 0 Å². The number of hydrogen-bond acceptors (Lipinski definition) is 5. The highest BCUT2D eigenvalue weighted by atomic mass is 16.6. The number of carbonyl (C=O) groups excluding carboxylic acids is 1. The molecule has 29 heavy (non-hydrogen) atoms. The van der Waals surface area contributed by atoms with Crippen LogP contribution in [-0.4, -0.2) is 30.7 Å². The smallest absolute Gasteiger partial charge is 0.307 e. The van der Waals surface area contributed by atoms with E-state index in [2.05, 4.69) is 36.3 Å². The minimum atomic E-state index is -0.299. The van der Waals surface area contributed by atoms with Crippen LogP contribution in [-0.2, 0) is 20.7 Å². The minimum absolute atomic E-state index is 0.0924. The first-order valence-electron chi connectivity index (χ1n) is 10.5. The molecule has 6 heteroatoms. The SMILES string of the molecule is CCCc1c([C@H]2C[C@H]3C(OC(C)=O)=CO[C@H](C)C3CN2)[nH]c2cc(OC)ccc12. The molecule has 2 aliphatic heterocycles. The Morgan fingerprint density at radius 3 is 2.90 bits per heavy atom. The third-order valence-corrected chi connectivity index (χ3v) is 6.23. The van der Waals surface area contributed by atoms with Gasteiger partial charge in [0.25, 0.3) is 0 Å². The van der Waals surface area contributed by atoms with Crippen LogP contribution in [0.25, 0.3) is 10.9 Å². The number of benzene rings is 1. The van der Waals surface area contributed by atoms with Gasteiger partial charge in [-0.3, -0.25) is 4.79 Å². The molecule has 3 heterocycles. The Morgan fingerprint density at radius 2 is 2.17 bits per heavy atom. The molecule has 4 rings (SSSR count). The maximum absolute atomic E-state index is 11.6. The van der Waals surface area contributed by atoms with Crippen molar-refractivity contribution >= 4 is 16.9 Å². The zero-order valence-corrected chi connectivity index (χ0v) is 17.6. The van der Waals surface area contributed by atoms with Crippen LogP contribution in [0.5, 0.6) is 5.75 Å². The maximum Gasteiger partial charge on any atom is 0.307 e. The molecule has 1 aromatic heterocycles. The number of carbonyl (C=O) groups is 1. The van der Waals surface area contributed by atoms with Crippen molar-refractivity contribution in [3.8, 4) is 5.75 Å². The normalized spacial score (nSPS) is 26.4. The number of H-pyrrole nitrogens is 1. The van der Waals surface area contributed by atoms with Gasteiger partial charge in [0.2, 0.25) is 0 Å². The fourth-order valence-electron chi connectivity index (χ4n) is 4.80. The van der Waals surface area contributed by atoms with Gasteiger partial charge in [0.05, 0.1) is 13.2 Å². The summed E-state index contributed by atoms with van der Waals surface area (Å²) in [5.41, 5.74) is 3.69. The minimum Gasteiger partial charge on any atom is -0.497 e. The standard InChI is InChI=1S/C23H30N2O4/c1-5-6-17-16-8-7-15(27-4)9-20(16)25-23(17)21-10-18-19(11-24-21)13(2)28-12-22(18)29-14(3)26/h7-9,12-13,18-19,21,24-25H,5-6,10-11H2,1-4H3/t13-,18-,19?,21-/m1/s1. The first-order chi connectivity index (χ1) is 14.0. The maximum atomic E-state index is 11.6. The molecule has 0 spiro atoms. The Kier molecular flexibility index (Phi) is 5.54. The molecule has 6 nitrogen and oxygen atoms in total. The number of nitrogens with one attached hydrogen (secondary N) is 2. The largest absolute Gasteiger partial charge is 0.497 e. The van der Waals surface area contributed by atoms with Crippen molar-refractivity contribution in [3.05, 3.63) is 41.5 Å². The fourth-order valence-corrected chi connectivity index (χ4v) is 4.80. The molecule has 0 aliphatic carbocycles. The number of allylic oxidation sites excluding steroid dienone is 1. The summed E-state index contributed by atoms with van der Waals surface area (Å²) in [5.74, 6) is 1.65. The summed E-state index contributed by atoms with van der Waals surface area (Å²) in [7, 11) is 1.69. The summed E-state index contributed by atoms with van der Waals surface area (Å²) in [6.45, 7) is 6.55. The van der Waals surface area contributed by atoms with Crippen LogP contribution >= 0.6 is 0 Å². The first-order valence-corrected chi connectivity index (χ1v) is 10.5. The number of piperidine rings is 1. The summed E-state index contributed by atoms with van der Waals surface area (Å²) in [6.07, 6.45) is 4.68. The van der Waals surface area contributed by atoms with E-state index in [1.165, 1.54) is 23.6 Å². The van der Waals surface area contributed by atoms with Gasteiger partial charge in [-0.05, 0) is 37.5 Å². The molecule has 2 N–H and O–H groups in total. The Bertz CT molecular complexity index is 932. The van der Waals surface area contributed by atoms with Crippen LogP contribution in [0.15, 0.2) is 30.2 Å². The average molecular weight is 399 g/mol. The van der Waals surface area contributed by atoms with Gasteiger partial charge in [0.1, 0.15) is 17.8 Å². The van der Waals surface area contributed by atoms with E-state index in [1.54, 1.807) is 13.4 Å². The average Bonchev–Trinajstić information content (AvgIpc) is 3.07. The third-order valence-electron chi connectivity index (χ3n) is 6.23. The van der Waals surface area contributed by atoms with E-state index in [4.69, 9.17) is 14.2 Å². The van der Waals surface area contributed by atoms with Crippen molar-refractivity contribution in [1.82, 2.24) is 10.3 Å². The van der Waals surface area contributed by atoms with E-state index < -0.39 is 0 Å². The van der Waals surface area contributed by atoms with Crippen molar-refractivity contribution < 1.29 is 19.0 Å². The van der Waals surface area contributed by atoms with Crippen LogP contribution in [0.4, 0.5) is 0 Å². The second-order valence-electron chi connectivity index (χ2n) is 8.10. The molecule has 0 bridgehead atoms. The molecule has 1 fully saturated rings. The van der Waals surface area contributed by atoms with Crippen LogP contribution in [0.3, 0.4) is 0 Å². The number of aromatic amines is 1. The summed E-state index contributed by atoms with van der Waals surface area (Å²) in [5, 5.41) is 4.97. The lowest BCUT2D eigenvalue weighted by molar-refractivity contribution is -0.140. The van der Waals surface area contributed by atoms with Crippen LogP contribution < -0.4 is 10.1 Å². The zero-order valence-electron chi connectivity index (χ0n) is 17.6. The summed E-state index contributed by atoms with van der Waals surface area (Å²) in [4.78, 5) is 15.2. The van der Waals surface area contributed by atoms with Gasteiger partial charge < -0.3 is 24.5 Å². The lowest BCUT2D eigenvalue weighted by Crippen LogP contribution is -2.47. The Hall–Kier alpha value is -2.47. The van der Waals surface area contributed by atoms with Crippen molar-refractivity contribution in [2.45, 2.75) is 52.2 Å². The molecule has 4 atom stereocenters. The molecule has 2 aliphatic rings. The molecule has 1 unspecified atom stereocenters. The Morgan fingerprint density at radius 1 is 1.34 bits per heavy atom. The predicted octanol–water partition coefficient (Wildman–Crippen LogP) is 4.22. The highest BCUT2D eigenvalue weighted by molar-refractivity contribution is 5.86. The number of fused-ring (bicyclic) bond motifs is 2. The number of ether oxygens (including phenoxy) is 3. The molecule has 1 aromatic carbocycles. The molecular weight excluding hydrogens is 368 g/mol. The topological polar surface area (TPSA) is 72.6 Å². The monoisotopic (exact) mass is 398 g/mol. The van der Waals surface area contributed by atoms with E-state index in [0.717, 1.165) is 37.1 Å². The van der Waals surface area contributed by atoms with E-state index in [9.17, 15) is 4.79 Å². The number of methoxy groups -OCH3 is 1. The fraction of sp³-hybridized carbons (Fsp3) is 0.522. The molecule has 2 aromatic rings. The molecule has 0 radical (unpaired) electrons. The number of hydrogen-bond donors (Lipinski definition) is 2. The molecule has 0 saturated carbocycles. The summed E-state index contributed by atoms with van der Waals surface area (Å²) in [6, 6.07) is 6.39. The number of aryl methyl sites for hydroxylation is 1. The molecule has 1 saturated heterocycles. The number of esters is 1. The lowest BCUT2D eigenvalue weighted by Gasteiger charge is -2.42. The summed E-state index contributed by atoms with van der Waals surface area (Å²) >= 11 is 0. The molecule has 0 amide bonds. The number of rotatable bonds is 5. The van der Waals surface area contributed by atoms with Crippen molar-refractivity contribution in [1.29, 1.82) is 0 Å².